The average Bonchev–Trinajstić information content (AvgIpc) is 2.92. The van der Waals surface area contributed by atoms with Crippen LogP contribution < -0.4 is 10.1 Å². The molecule has 20 heavy (non-hydrogen) atoms. The molecule has 5 nitrogen and oxygen atoms in total. The lowest BCUT2D eigenvalue weighted by Gasteiger charge is -2.19. The molecule has 0 amide bonds. The molecule has 0 saturated heterocycles. The number of aromatic nitrogens is 3. The molecule has 0 radical (unpaired) electrons. The quantitative estimate of drug-likeness (QED) is 0.876. The molecule has 1 heterocycles. The third-order valence-corrected chi connectivity index (χ3v) is 3.49. The Labute approximate surface area is 120 Å². The highest BCUT2D eigenvalue weighted by atomic mass is 16.5. The number of ether oxygens (including phenoxy) is 1. The van der Waals surface area contributed by atoms with Gasteiger partial charge in [-0.15, -0.1) is 0 Å². The summed E-state index contributed by atoms with van der Waals surface area (Å²) >= 11 is 0. The van der Waals surface area contributed by atoms with Gasteiger partial charge in [-0.05, 0) is 32.5 Å². The molecular formula is C15H22N4O. The number of hydrogen-bond donors (Lipinski definition) is 1. The van der Waals surface area contributed by atoms with E-state index < -0.39 is 0 Å². The first-order valence-corrected chi connectivity index (χ1v) is 6.88. The largest absolute Gasteiger partial charge is 0.496 e. The minimum atomic E-state index is 0.153. The fraction of sp³-hybridized carbons (Fsp3) is 0.467. The van der Waals surface area contributed by atoms with E-state index in [1.807, 2.05) is 11.7 Å². The van der Waals surface area contributed by atoms with E-state index >= 15 is 0 Å². The average molecular weight is 274 g/mol. The van der Waals surface area contributed by atoms with Gasteiger partial charge in [-0.1, -0.05) is 12.1 Å². The van der Waals surface area contributed by atoms with Gasteiger partial charge in [-0.2, -0.15) is 5.10 Å². The SMILES string of the molecule is CCn1ncnc1CC(NC)c1ccc(C)cc1OC. The Bertz CT molecular complexity index is 565. The third kappa shape index (κ3) is 2.99. The summed E-state index contributed by atoms with van der Waals surface area (Å²) in [5, 5.41) is 7.56. The number of benzene rings is 1. The van der Waals surface area contributed by atoms with Gasteiger partial charge in [0, 0.05) is 24.6 Å². The maximum absolute atomic E-state index is 5.50. The van der Waals surface area contributed by atoms with Gasteiger partial charge in [-0.25, -0.2) is 4.98 Å². The minimum Gasteiger partial charge on any atom is -0.496 e. The molecule has 1 aromatic heterocycles. The summed E-state index contributed by atoms with van der Waals surface area (Å²) in [6.07, 6.45) is 2.39. The van der Waals surface area contributed by atoms with E-state index in [9.17, 15) is 0 Å². The molecule has 0 aliphatic carbocycles. The Balaban J connectivity index is 2.28. The van der Waals surface area contributed by atoms with Crippen molar-refractivity contribution in [2.24, 2.45) is 0 Å². The van der Waals surface area contributed by atoms with Crippen LogP contribution in [0.1, 0.15) is 29.9 Å². The highest BCUT2D eigenvalue weighted by Crippen LogP contribution is 2.28. The maximum atomic E-state index is 5.50. The molecule has 1 aromatic carbocycles. The number of hydrogen-bond acceptors (Lipinski definition) is 4. The zero-order valence-electron chi connectivity index (χ0n) is 12.6. The fourth-order valence-electron chi connectivity index (χ4n) is 2.37. The van der Waals surface area contributed by atoms with Crippen molar-refractivity contribution in [2.45, 2.75) is 32.9 Å². The number of likely N-dealkylation sites (N-methyl/N-ethyl adjacent to an activating group) is 1. The van der Waals surface area contributed by atoms with Gasteiger partial charge in [0.1, 0.15) is 17.9 Å². The fourth-order valence-corrected chi connectivity index (χ4v) is 2.37. The lowest BCUT2D eigenvalue weighted by molar-refractivity contribution is 0.399. The van der Waals surface area contributed by atoms with Crippen molar-refractivity contribution in [3.63, 3.8) is 0 Å². The van der Waals surface area contributed by atoms with Crippen LogP contribution in [0.3, 0.4) is 0 Å². The second-order valence-electron chi connectivity index (χ2n) is 4.78. The molecule has 0 bridgehead atoms. The van der Waals surface area contributed by atoms with Crippen LogP contribution in [0.4, 0.5) is 0 Å². The predicted molar refractivity (Wildman–Crippen MR) is 78.9 cm³/mol. The summed E-state index contributed by atoms with van der Waals surface area (Å²) in [5.41, 5.74) is 2.34. The first-order chi connectivity index (χ1) is 9.69. The number of rotatable bonds is 6. The standard InChI is InChI=1S/C15H22N4O/c1-5-19-15(17-10-18-19)9-13(16-3)12-7-6-11(2)8-14(12)20-4/h6-8,10,13,16H,5,9H2,1-4H3. The van der Waals surface area contributed by atoms with E-state index in [4.69, 9.17) is 4.74 Å². The van der Waals surface area contributed by atoms with E-state index in [0.29, 0.717) is 0 Å². The molecule has 0 fully saturated rings. The van der Waals surface area contributed by atoms with Gasteiger partial charge in [0.25, 0.3) is 0 Å². The molecule has 108 valence electrons. The molecule has 5 heteroatoms. The van der Waals surface area contributed by atoms with Gasteiger partial charge in [0.05, 0.1) is 7.11 Å². The monoisotopic (exact) mass is 274 g/mol. The van der Waals surface area contributed by atoms with E-state index in [-0.39, 0.29) is 6.04 Å². The molecular weight excluding hydrogens is 252 g/mol. The maximum Gasteiger partial charge on any atom is 0.138 e. The van der Waals surface area contributed by atoms with Crippen LogP contribution in [0.2, 0.25) is 0 Å². The third-order valence-electron chi connectivity index (χ3n) is 3.49. The second-order valence-corrected chi connectivity index (χ2v) is 4.78. The molecule has 0 aliphatic rings. The Morgan fingerprint density at radius 2 is 2.20 bits per heavy atom. The van der Waals surface area contributed by atoms with Crippen LogP contribution >= 0.6 is 0 Å². The van der Waals surface area contributed by atoms with Crippen molar-refractivity contribution < 1.29 is 4.74 Å². The topological polar surface area (TPSA) is 52.0 Å². The van der Waals surface area contributed by atoms with E-state index in [0.717, 1.165) is 30.1 Å². The molecule has 2 aromatic rings. The number of aryl methyl sites for hydroxylation is 2. The summed E-state index contributed by atoms with van der Waals surface area (Å²) in [4.78, 5) is 4.34. The summed E-state index contributed by atoms with van der Waals surface area (Å²) in [6, 6.07) is 6.43. The van der Waals surface area contributed by atoms with Crippen LogP contribution in [0, 0.1) is 6.92 Å². The highest BCUT2D eigenvalue weighted by Gasteiger charge is 2.17. The van der Waals surface area contributed by atoms with E-state index in [1.54, 1.807) is 13.4 Å². The number of nitrogens with one attached hydrogen (secondary N) is 1. The summed E-state index contributed by atoms with van der Waals surface area (Å²) in [5.74, 6) is 1.89. The molecule has 0 aliphatic heterocycles. The molecule has 0 saturated carbocycles. The number of nitrogens with zero attached hydrogens (tertiary/aromatic N) is 3. The van der Waals surface area contributed by atoms with Crippen molar-refractivity contribution in [1.29, 1.82) is 0 Å². The Morgan fingerprint density at radius 1 is 1.40 bits per heavy atom. The zero-order chi connectivity index (χ0) is 14.5. The molecule has 1 unspecified atom stereocenters. The smallest absolute Gasteiger partial charge is 0.138 e. The second kappa shape index (κ2) is 6.52. The highest BCUT2D eigenvalue weighted by molar-refractivity contribution is 5.39. The number of methoxy groups -OCH3 is 1. The summed E-state index contributed by atoms with van der Waals surface area (Å²) < 4.78 is 7.42. The van der Waals surface area contributed by atoms with Crippen molar-refractivity contribution in [1.82, 2.24) is 20.1 Å². The first-order valence-electron chi connectivity index (χ1n) is 6.88. The van der Waals surface area contributed by atoms with Crippen LogP contribution in [-0.2, 0) is 13.0 Å². The van der Waals surface area contributed by atoms with Crippen LogP contribution in [0.15, 0.2) is 24.5 Å². The lowest BCUT2D eigenvalue weighted by atomic mass is 10.0. The zero-order valence-corrected chi connectivity index (χ0v) is 12.6. The van der Waals surface area contributed by atoms with Crippen molar-refractivity contribution >= 4 is 0 Å². The van der Waals surface area contributed by atoms with Crippen LogP contribution in [-0.4, -0.2) is 28.9 Å². The van der Waals surface area contributed by atoms with Gasteiger partial charge < -0.3 is 10.1 Å². The minimum absolute atomic E-state index is 0.153. The van der Waals surface area contributed by atoms with E-state index in [2.05, 4.69) is 47.4 Å². The normalized spacial score (nSPS) is 12.4. The molecule has 1 N–H and O–H groups in total. The van der Waals surface area contributed by atoms with Crippen molar-refractivity contribution in [3.05, 3.63) is 41.5 Å². The van der Waals surface area contributed by atoms with E-state index in [1.165, 1.54) is 5.56 Å². The Hall–Kier alpha value is -1.88. The Morgan fingerprint density at radius 3 is 2.85 bits per heavy atom. The van der Waals surface area contributed by atoms with Gasteiger partial charge in [-0.3, -0.25) is 4.68 Å². The van der Waals surface area contributed by atoms with Crippen molar-refractivity contribution in [2.75, 3.05) is 14.2 Å². The van der Waals surface area contributed by atoms with Gasteiger partial charge in [0.2, 0.25) is 0 Å². The van der Waals surface area contributed by atoms with Gasteiger partial charge >= 0.3 is 0 Å². The molecule has 0 spiro atoms. The lowest BCUT2D eigenvalue weighted by Crippen LogP contribution is -2.21. The van der Waals surface area contributed by atoms with Gasteiger partial charge in [0.15, 0.2) is 0 Å². The van der Waals surface area contributed by atoms with Crippen molar-refractivity contribution in [3.8, 4) is 5.75 Å². The summed E-state index contributed by atoms with van der Waals surface area (Å²) in [6.45, 7) is 4.96. The Kier molecular flexibility index (Phi) is 4.74. The molecule has 1 atom stereocenters. The van der Waals surface area contributed by atoms with Crippen LogP contribution in [0.25, 0.3) is 0 Å². The predicted octanol–water partition coefficient (Wildman–Crippen LogP) is 2.12. The first kappa shape index (κ1) is 14.5. The van der Waals surface area contributed by atoms with Crippen LogP contribution in [0.5, 0.6) is 5.75 Å². The summed E-state index contributed by atoms with van der Waals surface area (Å²) in [7, 11) is 3.66. The molecule has 2 rings (SSSR count).